The quantitative estimate of drug-likeness (QED) is 0.609. The molecule has 0 aliphatic carbocycles. The summed E-state index contributed by atoms with van der Waals surface area (Å²) in [5, 5.41) is 10.8. The molecular weight excluding hydrogens is 382 g/mol. The largest absolute Gasteiger partial charge is 0.339 e. The van der Waals surface area contributed by atoms with E-state index in [2.05, 4.69) is 11.6 Å². The number of carbonyl (C=O) groups excluding carboxylic acids is 1. The smallest absolute Gasteiger partial charge is 0.270 e. The van der Waals surface area contributed by atoms with Gasteiger partial charge in [0.1, 0.15) is 0 Å². The SMILES string of the molecule is CC1CCN(C(=O)c2ccc(NS(=O)(=O)c3cccc([N+](=O)[O-])c3)cc2)CC1. The van der Waals surface area contributed by atoms with E-state index in [-0.39, 0.29) is 22.2 Å². The fraction of sp³-hybridized carbons (Fsp3) is 0.316. The third kappa shape index (κ3) is 4.48. The van der Waals surface area contributed by atoms with Gasteiger partial charge >= 0.3 is 0 Å². The lowest BCUT2D eigenvalue weighted by atomic mass is 9.98. The van der Waals surface area contributed by atoms with E-state index in [1.807, 2.05) is 4.90 Å². The predicted octanol–water partition coefficient (Wildman–Crippen LogP) is 3.27. The van der Waals surface area contributed by atoms with Gasteiger partial charge in [-0.25, -0.2) is 8.42 Å². The molecule has 2 aromatic carbocycles. The molecule has 0 aromatic heterocycles. The molecule has 0 bridgehead atoms. The van der Waals surface area contributed by atoms with Crippen LogP contribution in [0.1, 0.15) is 30.1 Å². The van der Waals surface area contributed by atoms with Crippen LogP contribution in [-0.4, -0.2) is 37.2 Å². The van der Waals surface area contributed by atoms with Crippen molar-refractivity contribution in [1.82, 2.24) is 4.90 Å². The van der Waals surface area contributed by atoms with Crippen molar-refractivity contribution in [2.45, 2.75) is 24.7 Å². The minimum absolute atomic E-state index is 0.0695. The Labute approximate surface area is 163 Å². The van der Waals surface area contributed by atoms with Crippen molar-refractivity contribution in [2.24, 2.45) is 5.92 Å². The van der Waals surface area contributed by atoms with E-state index in [1.165, 1.54) is 30.3 Å². The van der Waals surface area contributed by atoms with E-state index >= 15 is 0 Å². The summed E-state index contributed by atoms with van der Waals surface area (Å²) >= 11 is 0. The number of rotatable bonds is 5. The molecule has 1 amide bonds. The molecule has 0 radical (unpaired) electrons. The maximum Gasteiger partial charge on any atom is 0.270 e. The van der Waals surface area contributed by atoms with Crippen molar-refractivity contribution < 1.29 is 18.1 Å². The first-order valence-electron chi connectivity index (χ1n) is 8.93. The lowest BCUT2D eigenvalue weighted by Gasteiger charge is -2.30. The molecule has 1 heterocycles. The van der Waals surface area contributed by atoms with Gasteiger partial charge in [0.15, 0.2) is 0 Å². The highest BCUT2D eigenvalue weighted by Gasteiger charge is 2.22. The van der Waals surface area contributed by atoms with Crippen LogP contribution >= 0.6 is 0 Å². The minimum Gasteiger partial charge on any atom is -0.339 e. The van der Waals surface area contributed by atoms with Gasteiger partial charge in [-0.2, -0.15) is 0 Å². The molecular formula is C19H21N3O5S. The Balaban J connectivity index is 1.72. The van der Waals surface area contributed by atoms with Crippen LogP contribution in [0.25, 0.3) is 0 Å². The summed E-state index contributed by atoms with van der Waals surface area (Å²) in [5.74, 6) is 0.551. The molecule has 1 aliphatic rings. The van der Waals surface area contributed by atoms with E-state index in [9.17, 15) is 23.3 Å². The molecule has 1 aliphatic heterocycles. The predicted molar refractivity (Wildman–Crippen MR) is 105 cm³/mol. The summed E-state index contributed by atoms with van der Waals surface area (Å²) in [6, 6.07) is 11.0. The molecule has 9 heteroatoms. The number of benzene rings is 2. The van der Waals surface area contributed by atoms with Gasteiger partial charge in [0.2, 0.25) is 0 Å². The third-order valence-electron chi connectivity index (χ3n) is 4.79. The highest BCUT2D eigenvalue weighted by molar-refractivity contribution is 7.92. The zero-order chi connectivity index (χ0) is 20.3. The summed E-state index contributed by atoms with van der Waals surface area (Å²) in [6.07, 6.45) is 1.96. The number of anilines is 1. The average molecular weight is 403 g/mol. The lowest BCUT2D eigenvalue weighted by Crippen LogP contribution is -2.37. The number of likely N-dealkylation sites (tertiary alicyclic amines) is 1. The van der Waals surface area contributed by atoms with E-state index in [0.717, 1.165) is 32.0 Å². The van der Waals surface area contributed by atoms with Gasteiger partial charge in [-0.1, -0.05) is 13.0 Å². The molecule has 1 fully saturated rings. The van der Waals surface area contributed by atoms with Gasteiger partial charge in [0.05, 0.1) is 9.82 Å². The molecule has 148 valence electrons. The monoisotopic (exact) mass is 403 g/mol. The van der Waals surface area contributed by atoms with E-state index < -0.39 is 14.9 Å². The van der Waals surface area contributed by atoms with Gasteiger partial charge in [-0.3, -0.25) is 19.6 Å². The second-order valence-corrected chi connectivity index (χ2v) is 8.59. The Morgan fingerprint density at radius 2 is 1.79 bits per heavy atom. The second-order valence-electron chi connectivity index (χ2n) is 6.91. The van der Waals surface area contributed by atoms with Crippen molar-refractivity contribution in [2.75, 3.05) is 17.8 Å². The summed E-state index contributed by atoms with van der Waals surface area (Å²) in [6.45, 7) is 3.62. The van der Waals surface area contributed by atoms with Gasteiger partial charge < -0.3 is 4.90 Å². The van der Waals surface area contributed by atoms with Crippen molar-refractivity contribution in [3.63, 3.8) is 0 Å². The van der Waals surface area contributed by atoms with Crippen LogP contribution < -0.4 is 4.72 Å². The van der Waals surface area contributed by atoms with Gasteiger partial charge in [-0.15, -0.1) is 0 Å². The summed E-state index contributed by atoms with van der Waals surface area (Å²) in [5.41, 5.74) is 0.461. The molecule has 8 nitrogen and oxygen atoms in total. The van der Waals surface area contributed by atoms with Gasteiger partial charge in [-0.05, 0) is 49.1 Å². The molecule has 1 saturated heterocycles. The van der Waals surface area contributed by atoms with Gasteiger partial charge in [0, 0.05) is 36.5 Å². The van der Waals surface area contributed by atoms with Crippen LogP contribution in [0.2, 0.25) is 0 Å². The first-order chi connectivity index (χ1) is 13.3. The van der Waals surface area contributed by atoms with E-state index in [1.54, 1.807) is 12.1 Å². The number of nitro groups is 1. The first kappa shape index (κ1) is 19.8. The maximum absolute atomic E-state index is 12.5. The number of nitrogens with zero attached hydrogens (tertiary/aromatic N) is 2. The highest BCUT2D eigenvalue weighted by Crippen LogP contribution is 2.22. The van der Waals surface area contributed by atoms with Crippen LogP contribution in [0, 0.1) is 16.0 Å². The zero-order valence-electron chi connectivity index (χ0n) is 15.4. The topological polar surface area (TPSA) is 110 Å². The molecule has 1 N–H and O–H groups in total. The maximum atomic E-state index is 12.5. The fourth-order valence-electron chi connectivity index (χ4n) is 3.05. The number of hydrogen-bond acceptors (Lipinski definition) is 5. The number of non-ortho nitro benzene ring substituents is 1. The van der Waals surface area contributed by atoms with Crippen molar-refractivity contribution in [3.8, 4) is 0 Å². The van der Waals surface area contributed by atoms with Crippen molar-refractivity contribution >= 4 is 27.3 Å². The van der Waals surface area contributed by atoms with Crippen LogP contribution in [0.3, 0.4) is 0 Å². The first-order valence-corrected chi connectivity index (χ1v) is 10.4. The van der Waals surface area contributed by atoms with E-state index in [4.69, 9.17) is 0 Å². The number of hydrogen-bond donors (Lipinski definition) is 1. The molecule has 28 heavy (non-hydrogen) atoms. The molecule has 2 aromatic rings. The standard InChI is InChI=1S/C19H21N3O5S/c1-14-9-11-21(12-10-14)19(23)15-5-7-16(8-6-15)20-28(26,27)18-4-2-3-17(13-18)22(24)25/h2-8,13-14,20H,9-12H2,1H3. The van der Waals surface area contributed by atoms with Crippen LogP contribution in [0.5, 0.6) is 0 Å². The summed E-state index contributed by atoms with van der Waals surface area (Å²) in [7, 11) is -3.98. The summed E-state index contributed by atoms with van der Waals surface area (Å²) < 4.78 is 27.3. The van der Waals surface area contributed by atoms with Crippen LogP contribution in [-0.2, 0) is 10.0 Å². The molecule has 3 rings (SSSR count). The van der Waals surface area contributed by atoms with Crippen molar-refractivity contribution in [3.05, 3.63) is 64.2 Å². The second kappa shape index (κ2) is 7.97. The number of piperidine rings is 1. The number of sulfonamides is 1. The Hall–Kier alpha value is -2.94. The number of carbonyl (C=O) groups is 1. The number of nitrogens with one attached hydrogen (secondary N) is 1. The zero-order valence-corrected chi connectivity index (χ0v) is 16.2. The Morgan fingerprint density at radius 3 is 2.39 bits per heavy atom. The van der Waals surface area contributed by atoms with Crippen LogP contribution in [0.4, 0.5) is 11.4 Å². The number of nitro benzene ring substituents is 1. The molecule has 0 atom stereocenters. The summed E-state index contributed by atoms with van der Waals surface area (Å²) in [4.78, 5) is 24.3. The lowest BCUT2D eigenvalue weighted by molar-refractivity contribution is -0.385. The number of amides is 1. The highest BCUT2D eigenvalue weighted by atomic mass is 32.2. The Morgan fingerprint density at radius 1 is 1.14 bits per heavy atom. The molecule has 0 spiro atoms. The van der Waals surface area contributed by atoms with E-state index in [0.29, 0.717) is 11.5 Å². The molecule has 0 saturated carbocycles. The molecule has 0 unspecified atom stereocenters. The fourth-order valence-corrected chi connectivity index (χ4v) is 4.15. The van der Waals surface area contributed by atoms with Crippen LogP contribution in [0.15, 0.2) is 53.4 Å². The average Bonchev–Trinajstić information content (AvgIpc) is 2.68. The normalized spacial score (nSPS) is 15.2. The third-order valence-corrected chi connectivity index (χ3v) is 6.17. The Bertz CT molecular complexity index is 981. The minimum atomic E-state index is -3.98. The Kier molecular flexibility index (Phi) is 5.64. The van der Waals surface area contributed by atoms with Gasteiger partial charge in [0.25, 0.3) is 21.6 Å². The van der Waals surface area contributed by atoms with Crippen molar-refractivity contribution in [1.29, 1.82) is 0 Å².